The van der Waals surface area contributed by atoms with E-state index in [9.17, 15) is 4.57 Å². The highest BCUT2D eigenvalue weighted by molar-refractivity contribution is 7.51. The van der Waals surface area contributed by atoms with Crippen LogP contribution in [0.1, 0.15) is 0 Å². The van der Waals surface area contributed by atoms with Gasteiger partial charge in [-0.3, -0.25) is 4.57 Å². The van der Waals surface area contributed by atoms with Crippen molar-refractivity contribution in [2.75, 3.05) is 18.7 Å². The molecule has 15 heteroatoms. The Bertz CT molecular complexity index is 731. The van der Waals surface area contributed by atoms with Crippen molar-refractivity contribution in [3.63, 3.8) is 0 Å². The number of anilines is 1. The van der Waals surface area contributed by atoms with Gasteiger partial charge in [0.15, 0.2) is 11.5 Å². The number of fused-ring (bicyclic) bond motifs is 1. The smallest absolute Gasteiger partial charge is 0.382 e. The van der Waals surface area contributed by atoms with Gasteiger partial charge in [-0.15, -0.1) is 0 Å². The summed E-state index contributed by atoms with van der Waals surface area (Å²) >= 11 is 0. The van der Waals surface area contributed by atoms with Gasteiger partial charge in [-0.1, -0.05) is 0 Å². The Morgan fingerprint density at radius 1 is 1.13 bits per heavy atom. The number of ether oxygens (including phenoxy) is 1. The first-order chi connectivity index (χ1) is 10.5. The molecular weight excluding hydrogens is 356 g/mol. The van der Waals surface area contributed by atoms with E-state index in [1.165, 1.54) is 12.7 Å². The molecule has 0 spiro atoms. The summed E-state index contributed by atoms with van der Waals surface area (Å²) in [5.41, 5.74) is 6.67. The summed E-state index contributed by atoms with van der Waals surface area (Å²) in [6, 6.07) is 0. The summed E-state index contributed by atoms with van der Waals surface area (Å²) in [6.45, 7) is 0.507. The summed E-state index contributed by atoms with van der Waals surface area (Å²) < 4.78 is 26.0. The van der Waals surface area contributed by atoms with Crippen molar-refractivity contribution in [1.82, 2.24) is 19.5 Å². The molecule has 0 aliphatic rings. The van der Waals surface area contributed by atoms with Crippen molar-refractivity contribution in [3.8, 4) is 0 Å². The topological polar surface area (TPSA) is 214 Å². The molecule has 0 unspecified atom stereocenters. The minimum atomic E-state index is -4.64. The van der Waals surface area contributed by atoms with Gasteiger partial charge in [-0.25, -0.2) is 19.5 Å². The average Bonchev–Trinajstić information content (AvgIpc) is 2.76. The molecule has 0 aliphatic heterocycles. The first kappa shape index (κ1) is 19.6. The molecule has 0 radical (unpaired) electrons. The summed E-state index contributed by atoms with van der Waals surface area (Å²) in [6.07, 6.45) is 2.25. The maximum atomic E-state index is 10.6. The highest BCUT2D eigenvalue weighted by Crippen LogP contribution is 2.33. The van der Waals surface area contributed by atoms with Crippen LogP contribution in [0.2, 0.25) is 0 Å². The van der Waals surface area contributed by atoms with Crippen LogP contribution in [-0.2, 0) is 20.4 Å². The van der Waals surface area contributed by atoms with Gasteiger partial charge in [0.25, 0.3) is 0 Å². The van der Waals surface area contributed by atoms with Crippen LogP contribution in [0, 0.1) is 0 Å². The SMILES string of the molecule is Nc1ncnc2c1ncn2CCOCP(=O)(O)O.O=P(O)(O)O. The van der Waals surface area contributed by atoms with Crippen LogP contribution in [0.4, 0.5) is 5.82 Å². The highest BCUT2D eigenvalue weighted by Gasteiger charge is 2.13. The number of phosphoric acid groups is 1. The van der Waals surface area contributed by atoms with Crippen molar-refractivity contribution in [2.24, 2.45) is 0 Å². The highest BCUT2D eigenvalue weighted by atomic mass is 31.2. The third-order valence-electron chi connectivity index (χ3n) is 2.17. The van der Waals surface area contributed by atoms with Crippen LogP contribution < -0.4 is 5.73 Å². The van der Waals surface area contributed by atoms with E-state index in [2.05, 4.69) is 15.0 Å². The Morgan fingerprint density at radius 2 is 1.74 bits per heavy atom. The van der Waals surface area contributed by atoms with E-state index in [0.29, 0.717) is 17.7 Å². The second-order valence-electron chi connectivity index (χ2n) is 4.08. The molecule has 2 heterocycles. The largest absolute Gasteiger partial charge is 0.466 e. The van der Waals surface area contributed by atoms with Crippen LogP contribution in [0.3, 0.4) is 0 Å². The molecule has 130 valence electrons. The lowest BCUT2D eigenvalue weighted by Gasteiger charge is -2.06. The minimum absolute atomic E-state index is 0.139. The Labute approximate surface area is 129 Å². The van der Waals surface area contributed by atoms with E-state index in [1.54, 1.807) is 4.57 Å². The zero-order valence-corrected chi connectivity index (χ0v) is 13.3. The number of hydrogen-bond acceptors (Lipinski definition) is 7. The maximum Gasteiger partial charge on any atom is 0.466 e. The Balaban J connectivity index is 0.000000463. The van der Waals surface area contributed by atoms with Crippen molar-refractivity contribution in [1.29, 1.82) is 0 Å². The fraction of sp³-hybridized carbons (Fsp3) is 0.375. The minimum Gasteiger partial charge on any atom is -0.382 e. The molecule has 0 saturated carbocycles. The van der Waals surface area contributed by atoms with E-state index in [0.717, 1.165) is 0 Å². The zero-order chi connectivity index (χ0) is 17.7. The van der Waals surface area contributed by atoms with Crippen LogP contribution >= 0.6 is 15.4 Å². The van der Waals surface area contributed by atoms with Gasteiger partial charge in [0.05, 0.1) is 12.9 Å². The normalized spacial score (nSPS) is 12.0. The summed E-state index contributed by atoms with van der Waals surface area (Å²) in [5, 5.41) is 0. The second-order valence-corrected chi connectivity index (χ2v) is 6.70. The lowest BCUT2D eigenvalue weighted by molar-refractivity contribution is 0.149. The van der Waals surface area contributed by atoms with E-state index in [1.807, 2.05) is 0 Å². The van der Waals surface area contributed by atoms with Crippen LogP contribution in [0.15, 0.2) is 12.7 Å². The summed E-state index contributed by atoms with van der Waals surface area (Å²) in [4.78, 5) is 50.7. The number of aromatic nitrogens is 4. The number of nitrogens with zero attached hydrogens (tertiary/aromatic N) is 4. The monoisotopic (exact) mass is 371 g/mol. The zero-order valence-electron chi connectivity index (χ0n) is 11.5. The first-order valence-corrected chi connectivity index (χ1v) is 9.15. The third kappa shape index (κ3) is 8.11. The fourth-order valence-electron chi connectivity index (χ4n) is 1.41. The van der Waals surface area contributed by atoms with Gasteiger partial charge < -0.3 is 39.5 Å². The number of nitrogens with two attached hydrogens (primary N) is 1. The predicted molar refractivity (Wildman–Crippen MR) is 76.9 cm³/mol. The molecule has 0 atom stereocenters. The van der Waals surface area contributed by atoms with Gasteiger partial charge >= 0.3 is 15.4 Å². The lowest BCUT2D eigenvalue weighted by atomic mass is 10.5. The fourth-order valence-corrected chi connectivity index (χ4v) is 1.78. The Hall–Kier alpha value is -1.43. The van der Waals surface area contributed by atoms with Gasteiger partial charge in [-0.2, -0.15) is 0 Å². The molecule has 2 rings (SSSR count). The average molecular weight is 371 g/mol. The molecular formula is C8H15N5O8P2. The van der Waals surface area contributed by atoms with E-state index in [4.69, 9.17) is 39.5 Å². The molecule has 0 bridgehead atoms. The van der Waals surface area contributed by atoms with Crippen molar-refractivity contribution < 1.29 is 38.3 Å². The van der Waals surface area contributed by atoms with E-state index >= 15 is 0 Å². The van der Waals surface area contributed by atoms with Crippen molar-refractivity contribution >= 4 is 32.4 Å². The van der Waals surface area contributed by atoms with Gasteiger partial charge in [0.2, 0.25) is 0 Å². The van der Waals surface area contributed by atoms with Gasteiger partial charge in [0.1, 0.15) is 18.2 Å². The molecule has 0 aromatic carbocycles. The Morgan fingerprint density at radius 3 is 2.30 bits per heavy atom. The van der Waals surface area contributed by atoms with Crippen LogP contribution in [0.25, 0.3) is 11.2 Å². The summed E-state index contributed by atoms with van der Waals surface area (Å²) in [5.74, 6) is 0.287. The molecule has 0 aliphatic carbocycles. The molecule has 13 nitrogen and oxygen atoms in total. The third-order valence-corrected chi connectivity index (χ3v) is 2.68. The Kier molecular flexibility index (Phi) is 6.74. The van der Waals surface area contributed by atoms with Crippen LogP contribution in [-0.4, -0.2) is 56.9 Å². The van der Waals surface area contributed by atoms with E-state index < -0.39 is 21.8 Å². The molecule has 7 N–H and O–H groups in total. The standard InChI is InChI=1S/C8H12N5O4P.H3O4P/c9-7-6-8(11-3-10-7)13(4-12-6)1-2-17-5-18(14,15)16;1-5(2,3)4/h3-4H,1-2,5H2,(H2,9,10,11)(H2,14,15,16);(H3,1,2,3,4). The number of hydrogen-bond donors (Lipinski definition) is 6. The molecule has 23 heavy (non-hydrogen) atoms. The molecule has 0 saturated heterocycles. The lowest BCUT2D eigenvalue weighted by Crippen LogP contribution is -2.07. The van der Waals surface area contributed by atoms with Gasteiger partial charge in [0, 0.05) is 6.54 Å². The van der Waals surface area contributed by atoms with Gasteiger partial charge in [-0.05, 0) is 0 Å². The molecule has 2 aromatic rings. The van der Waals surface area contributed by atoms with Crippen LogP contribution in [0.5, 0.6) is 0 Å². The first-order valence-electron chi connectivity index (χ1n) is 5.79. The number of nitrogen functional groups attached to an aromatic ring is 1. The van der Waals surface area contributed by atoms with Crippen molar-refractivity contribution in [2.45, 2.75) is 6.54 Å². The molecule has 2 aromatic heterocycles. The number of rotatable bonds is 5. The predicted octanol–water partition coefficient (Wildman–Crippen LogP) is -1.37. The summed E-state index contributed by atoms with van der Waals surface area (Å²) in [7, 11) is -8.76. The van der Waals surface area contributed by atoms with Crippen molar-refractivity contribution in [3.05, 3.63) is 12.7 Å². The number of imidazole rings is 1. The molecule has 0 amide bonds. The quantitative estimate of drug-likeness (QED) is 0.265. The molecule has 0 fully saturated rings. The van der Waals surface area contributed by atoms with E-state index in [-0.39, 0.29) is 12.4 Å². The second kappa shape index (κ2) is 7.90. The maximum absolute atomic E-state index is 10.6.